The summed E-state index contributed by atoms with van der Waals surface area (Å²) in [6.45, 7) is 4.16. The summed E-state index contributed by atoms with van der Waals surface area (Å²) in [4.78, 5) is 33.3. The van der Waals surface area contributed by atoms with Crippen LogP contribution in [0.15, 0.2) is 22.6 Å². The molecule has 0 bridgehead atoms. The molecule has 0 aromatic carbocycles. The first-order chi connectivity index (χ1) is 11.5. The number of hydrogen-bond donors (Lipinski definition) is 0. The third-order valence-corrected chi connectivity index (χ3v) is 6.32. The molecule has 0 atom stereocenters. The molecule has 0 saturated carbocycles. The number of thiophene rings is 1. The minimum Gasteiger partial charge on any atom is -0.348 e. The zero-order valence-corrected chi connectivity index (χ0v) is 15.6. The van der Waals surface area contributed by atoms with Crippen LogP contribution in [0.2, 0.25) is 0 Å². The standard InChI is InChI=1S/C17H21N3O2S2/c1-4-9-20-16(22)14-11-7-5-6-8-12(11)24-15(14)18-17(20)23-10-13(21)19(2)3/h4H,1,5-10H2,2-3H3. The van der Waals surface area contributed by atoms with E-state index in [1.807, 2.05) is 0 Å². The summed E-state index contributed by atoms with van der Waals surface area (Å²) in [5.74, 6) is 0.276. The van der Waals surface area contributed by atoms with Crippen molar-refractivity contribution in [3.05, 3.63) is 33.4 Å². The molecule has 0 spiro atoms. The predicted octanol–water partition coefficient (Wildman–Crippen LogP) is 2.70. The molecule has 128 valence electrons. The van der Waals surface area contributed by atoms with Crippen molar-refractivity contribution < 1.29 is 4.79 Å². The fourth-order valence-electron chi connectivity index (χ4n) is 2.88. The number of fused-ring (bicyclic) bond motifs is 3. The van der Waals surface area contributed by atoms with E-state index < -0.39 is 0 Å². The molecule has 0 saturated heterocycles. The zero-order chi connectivity index (χ0) is 17.3. The van der Waals surface area contributed by atoms with E-state index in [2.05, 4.69) is 6.58 Å². The highest BCUT2D eigenvalue weighted by Gasteiger charge is 2.22. The highest BCUT2D eigenvalue weighted by atomic mass is 32.2. The minimum atomic E-state index is -0.000831. The Morgan fingerprint density at radius 3 is 2.88 bits per heavy atom. The average molecular weight is 364 g/mol. The molecule has 1 aliphatic rings. The molecule has 7 heteroatoms. The van der Waals surface area contributed by atoms with Crippen LogP contribution in [0.3, 0.4) is 0 Å². The number of carbonyl (C=O) groups is 1. The lowest BCUT2D eigenvalue weighted by molar-refractivity contribution is -0.125. The van der Waals surface area contributed by atoms with Gasteiger partial charge in [0.1, 0.15) is 4.83 Å². The van der Waals surface area contributed by atoms with Gasteiger partial charge < -0.3 is 4.90 Å². The van der Waals surface area contributed by atoms with Gasteiger partial charge in [-0.05, 0) is 31.2 Å². The summed E-state index contributed by atoms with van der Waals surface area (Å²) in [5, 5.41) is 1.38. The Kier molecular flexibility index (Phi) is 5.10. The molecule has 1 aliphatic carbocycles. The number of allylic oxidation sites excluding steroid dienone is 1. The minimum absolute atomic E-state index is 0.000831. The smallest absolute Gasteiger partial charge is 0.263 e. The van der Waals surface area contributed by atoms with Crippen LogP contribution in [-0.2, 0) is 24.2 Å². The van der Waals surface area contributed by atoms with Gasteiger partial charge >= 0.3 is 0 Å². The van der Waals surface area contributed by atoms with E-state index in [-0.39, 0.29) is 17.2 Å². The van der Waals surface area contributed by atoms with Gasteiger partial charge in [0.15, 0.2) is 5.16 Å². The van der Waals surface area contributed by atoms with Crippen molar-refractivity contribution in [3.63, 3.8) is 0 Å². The number of amides is 1. The molecule has 5 nitrogen and oxygen atoms in total. The summed E-state index contributed by atoms with van der Waals surface area (Å²) in [6.07, 6.45) is 6.02. The number of hydrogen-bond acceptors (Lipinski definition) is 5. The third-order valence-electron chi connectivity index (χ3n) is 4.18. The fraction of sp³-hybridized carbons (Fsp3) is 0.471. The Hall–Kier alpha value is -1.60. The first-order valence-electron chi connectivity index (χ1n) is 8.02. The lowest BCUT2D eigenvalue weighted by atomic mass is 9.97. The van der Waals surface area contributed by atoms with Crippen LogP contribution in [0.1, 0.15) is 23.3 Å². The highest BCUT2D eigenvalue weighted by molar-refractivity contribution is 7.99. The molecule has 0 fully saturated rings. The zero-order valence-electron chi connectivity index (χ0n) is 14.0. The first kappa shape index (κ1) is 17.2. The Labute approximate surface area is 149 Å². The Balaban J connectivity index is 2.08. The second-order valence-electron chi connectivity index (χ2n) is 6.07. The van der Waals surface area contributed by atoms with E-state index in [9.17, 15) is 9.59 Å². The summed E-state index contributed by atoms with van der Waals surface area (Å²) < 4.78 is 1.64. The van der Waals surface area contributed by atoms with Gasteiger partial charge in [0, 0.05) is 25.5 Å². The lowest BCUT2D eigenvalue weighted by Crippen LogP contribution is -2.26. The van der Waals surface area contributed by atoms with Crippen molar-refractivity contribution in [1.29, 1.82) is 0 Å². The number of aryl methyl sites for hydroxylation is 2. The largest absolute Gasteiger partial charge is 0.348 e. The molecule has 3 rings (SSSR count). The SMILES string of the molecule is C=CCn1c(SCC(=O)N(C)C)nc2sc3c(c2c1=O)CCCC3. The number of thioether (sulfide) groups is 1. The van der Waals surface area contributed by atoms with Crippen LogP contribution in [0.4, 0.5) is 0 Å². The number of nitrogens with zero attached hydrogens (tertiary/aromatic N) is 3. The van der Waals surface area contributed by atoms with Crippen LogP contribution in [0, 0.1) is 0 Å². The summed E-state index contributed by atoms with van der Waals surface area (Å²) in [7, 11) is 3.45. The molecule has 0 aliphatic heterocycles. The van der Waals surface area contributed by atoms with Crippen molar-refractivity contribution in [2.45, 2.75) is 37.4 Å². The molecule has 24 heavy (non-hydrogen) atoms. The number of rotatable bonds is 5. The van der Waals surface area contributed by atoms with Crippen LogP contribution in [0.25, 0.3) is 10.2 Å². The molecule has 1 amide bonds. The predicted molar refractivity (Wildman–Crippen MR) is 100 cm³/mol. The second-order valence-corrected chi connectivity index (χ2v) is 8.09. The molecular formula is C17H21N3O2S2. The van der Waals surface area contributed by atoms with E-state index >= 15 is 0 Å². The summed E-state index contributed by atoms with van der Waals surface area (Å²) >= 11 is 2.95. The van der Waals surface area contributed by atoms with Crippen LogP contribution in [-0.4, -0.2) is 40.2 Å². The van der Waals surface area contributed by atoms with Crippen molar-refractivity contribution in [2.24, 2.45) is 0 Å². The molecule has 2 heterocycles. The normalized spacial score (nSPS) is 13.8. The number of aromatic nitrogens is 2. The van der Waals surface area contributed by atoms with Gasteiger partial charge in [-0.3, -0.25) is 14.2 Å². The molecule has 0 N–H and O–H groups in total. The van der Waals surface area contributed by atoms with E-state index in [0.717, 1.165) is 29.5 Å². The van der Waals surface area contributed by atoms with Crippen molar-refractivity contribution in [3.8, 4) is 0 Å². The van der Waals surface area contributed by atoms with E-state index in [1.165, 1.54) is 28.6 Å². The first-order valence-corrected chi connectivity index (χ1v) is 9.82. The molecular weight excluding hydrogens is 342 g/mol. The van der Waals surface area contributed by atoms with Crippen LogP contribution >= 0.6 is 23.1 Å². The maximum atomic E-state index is 13.0. The maximum absolute atomic E-state index is 13.0. The summed E-state index contributed by atoms with van der Waals surface area (Å²) in [6, 6.07) is 0. The van der Waals surface area contributed by atoms with E-state index in [4.69, 9.17) is 4.98 Å². The van der Waals surface area contributed by atoms with Gasteiger partial charge in [-0.25, -0.2) is 4.98 Å². The topological polar surface area (TPSA) is 55.2 Å². The van der Waals surface area contributed by atoms with Gasteiger partial charge in [-0.15, -0.1) is 17.9 Å². The van der Waals surface area contributed by atoms with Gasteiger partial charge in [-0.2, -0.15) is 0 Å². The van der Waals surface area contributed by atoms with Gasteiger partial charge in [-0.1, -0.05) is 17.8 Å². The second kappa shape index (κ2) is 7.11. The molecule has 2 aromatic rings. The summed E-state index contributed by atoms with van der Waals surface area (Å²) in [5.41, 5.74) is 1.19. The van der Waals surface area contributed by atoms with Crippen molar-refractivity contribution in [1.82, 2.24) is 14.5 Å². The van der Waals surface area contributed by atoms with Gasteiger partial charge in [0.05, 0.1) is 11.1 Å². The quantitative estimate of drug-likeness (QED) is 0.466. The maximum Gasteiger partial charge on any atom is 0.263 e. The average Bonchev–Trinajstić information content (AvgIpc) is 2.93. The van der Waals surface area contributed by atoms with E-state index in [0.29, 0.717) is 11.7 Å². The lowest BCUT2D eigenvalue weighted by Gasteiger charge is -2.13. The van der Waals surface area contributed by atoms with Gasteiger partial charge in [0.2, 0.25) is 5.91 Å². The highest BCUT2D eigenvalue weighted by Crippen LogP contribution is 2.34. The number of carbonyl (C=O) groups excluding carboxylic acids is 1. The molecule has 2 aromatic heterocycles. The molecule has 0 unspecified atom stereocenters. The van der Waals surface area contributed by atoms with E-state index in [1.54, 1.807) is 41.0 Å². The third kappa shape index (κ3) is 3.15. The van der Waals surface area contributed by atoms with Gasteiger partial charge in [0.25, 0.3) is 5.56 Å². The van der Waals surface area contributed by atoms with Crippen molar-refractivity contribution in [2.75, 3.05) is 19.8 Å². The Morgan fingerprint density at radius 1 is 1.42 bits per heavy atom. The van der Waals surface area contributed by atoms with Crippen LogP contribution < -0.4 is 5.56 Å². The molecule has 0 radical (unpaired) electrons. The monoisotopic (exact) mass is 363 g/mol. The van der Waals surface area contributed by atoms with Crippen molar-refractivity contribution >= 4 is 39.2 Å². The Morgan fingerprint density at radius 2 is 2.17 bits per heavy atom. The van der Waals surface area contributed by atoms with Crippen LogP contribution in [0.5, 0.6) is 0 Å². The fourth-order valence-corrected chi connectivity index (χ4v) is 5.16. The Bertz CT molecular complexity index is 852.